The van der Waals surface area contributed by atoms with Crippen molar-refractivity contribution in [3.05, 3.63) is 39.9 Å². The standard InChI is InChI=1S/C26H36N6O3/c1-5-21(24-28-29-30-32(24)26(3,4)6-2)31(19-10-8-7-9-11-19)15-18-12-17-13-22-23(35-16-34-22)14-20(17)27-25(18)33/h12-14,19,21H,5-11,15-16H2,1-4H3,(H,27,33)/t21-/m0/s1. The summed E-state index contributed by atoms with van der Waals surface area (Å²) < 4.78 is 13.0. The van der Waals surface area contributed by atoms with Crippen molar-refractivity contribution < 1.29 is 9.47 Å². The number of H-pyrrole nitrogens is 1. The third-order valence-electron chi connectivity index (χ3n) is 7.83. The van der Waals surface area contributed by atoms with Crippen molar-refractivity contribution in [2.75, 3.05) is 6.79 Å². The van der Waals surface area contributed by atoms with Gasteiger partial charge in [0.05, 0.1) is 17.1 Å². The SMILES string of the molecule is CC[C@@H](c1nnnn1C(C)(C)CC)N(Cc1cc2cc3c(cc2[nH]c1=O)OCO3)C1CCCCC1. The summed E-state index contributed by atoms with van der Waals surface area (Å²) >= 11 is 0. The van der Waals surface area contributed by atoms with Gasteiger partial charge in [0.25, 0.3) is 5.56 Å². The first kappa shape index (κ1) is 23.8. The lowest BCUT2D eigenvalue weighted by molar-refractivity contribution is 0.0801. The molecule has 0 radical (unpaired) electrons. The van der Waals surface area contributed by atoms with Crippen LogP contribution in [0.15, 0.2) is 23.0 Å². The maximum atomic E-state index is 13.2. The van der Waals surface area contributed by atoms with Crippen molar-refractivity contribution in [3.63, 3.8) is 0 Å². The van der Waals surface area contributed by atoms with Gasteiger partial charge in [-0.3, -0.25) is 9.69 Å². The van der Waals surface area contributed by atoms with E-state index in [1.54, 1.807) is 0 Å². The van der Waals surface area contributed by atoms with E-state index in [1.165, 1.54) is 19.3 Å². The first-order valence-electron chi connectivity index (χ1n) is 12.9. The summed E-state index contributed by atoms with van der Waals surface area (Å²) in [7, 11) is 0. The number of aromatic amines is 1. The number of nitrogens with zero attached hydrogens (tertiary/aromatic N) is 5. The molecule has 3 heterocycles. The first-order valence-corrected chi connectivity index (χ1v) is 12.9. The number of hydrogen-bond donors (Lipinski definition) is 1. The second-order valence-electron chi connectivity index (χ2n) is 10.4. The molecule has 1 aliphatic heterocycles. The summed E-state index contributed by atoms with van der Waals surface area (Å²) in [5.74, 6) is 2.26. The molecular formula is C26H36N6O3. The van der Waals surface area contributed by atoms with Gasteiger partial charge in [-0.25, -0.2) is 4.68 Å². The fraction of sp³-hybridized carbons (Fsp3) is 0.615. The van der Waals surface area contributed by atoms with E-state index < -0.39 is 0 Å². The van der Waals surface area contributed by atoms with Gasteiger partial charge in [-0.1, -0.05) is 33.1 Å². The van der Waals surface area contributed by atoms with E-state index in [-0.39, 0.29) is 23.9 Å². The molecule has 0 amide bonds. The molecule has 2 aliphatic rings. The second kappa shape index (κ2) is 9.60. The molecule has 9 nitrogen and oxygen atoms in total. The minimum absolute atomic E-state index is 0.0192. The number of ether oxygens (including phenoxy) is 2. The Morgan fingerprint density at radius 3 is 2.60 bits per heavy atom. The summed E-state index contributed by atoms with van der Waals surface area (Å²) in [5, 5.41) is 13.9. The molecular weight excluding hydrogens is 444 g/mol. The average molecular weight is 481 g/mol. The van der Waals surface area contributed by atoms with E-state index in [0.717, 1.165) is 48.0 Å². The van der Waals surface area contributed by atoms with Crippen molar-refractivity contribution in [2.24, 2.45) is 0 Å². The van der Waals surface area contributed by atoms with Gasteiger partial charge in [-0.2, -0.15) is 0 Å². The highest BCUT2D eigenvalue weighted by atomic mass is 16.7. The fourth-order valence-electron chi connectivity index (χ4n) is 5.41. The highest BCUT2D eigenvalue weighted by molar-refractivity contribution is 5.83. The van der Waals surface area contributed by atoms with Crippen molar-refractivity contribution in [3.8, 4) is 11.5 Å². The molecule has 1 N–H and O–H groups in total. The molecule has 2 aromatic heterocycles. The zero-order valence-electron chi connectivity index (χ0n) is 21.2. The van der Waals surface area contributed by atoms with Crippen LogP contribution in [0.1, 0.15) is 90.1 Å². The summed E-state index contributed by atoms with van der Waals surface area (Å²) in [4.78, 5) is 18.8. The molecule has 5 rings (SSSR count). The van der Waals surface area contributed by atoms with Crippen molar-refractivity contribution in [2.45, 2.75) is 96.8 Å². The van der Waals surface area contributed by atoms with Gasteiger partial charge in [0.1, 0.15) is 0 Å². The Labute approximate surface area is 205 Å². The average Bonchev–Trinajstić information content (AvgIpc) is 3.53. The molecule has 0 unspecified atom stereocenters. The van der Waals surface area contributed by atoms with Crippen LogP contribution >= 0.6 is 0 Å². The lowest BCUT2D eigenvalue weighted by atomic mass is 9.91. The van der Waals surface area contributed by atoms with Crippen LogP contribution in [0.5, 0.6) is 11.5 Å². The number of nitrogens with one attached hydrogen (secondary N) is 1. The number of fused-ring (bicyclic) bond motifs is 2. The zero-order chi connectivity index (χ0) is 24.6. The predicted octanol–water partition coefficient (Wildman–Crippen LogP) is 4.67. The third-order valence-corrected chi connectivity index (χ3v) is 7.83. The Hall–Kier alpha value is -2.94. The molecule has 1 atom stereocenters. The number of hydrogen-bond acceptors (Lipinski definition) is 7. The first-order chi connectivity index (χ1) is 16.9. The van der Waals surface area contributed by atoms with E-state index in [2.05, 4.69) is 53.1 Å². The van der Waals surface area contributed by atoms with Gasteiger partial charge < -0.3 is 14.5 Å². The molecule has 0 spiro atoms. The van der Waals surface area contributed by atoms with E-state index in [9.17, 15) is 4.79 Å². The fourth-order valence-corrected chi connectivity index (χ4v) is 5.41. The number of aromatic nitrogens is 5. The minimum atomic E-state index is -0.187. The van der Waals surface area contributed by atoms with Crippen LogP contribution in [0.4, 0.5) is 0 Å². The topological polar surface area (TPSA) is 98.2 Å². The van der Waals surface area contributed by atoms with Crippen LogP contribution in [0.2, 0.25) is 0 Å². The summed E-state index contributed by atoms with van der Waals surface area (Å²) in [6.45, 7) is 9.43. The van der Waals surface area contributed by atoms with E-state index in [1.807, 2.05) is 22.9 Å². The Morgan fingerprint density at radius 1 is 1.14 bits per heavy atom. The molecule has 188 valence electrons. The van der Waals surface area contributed by atoms with Crippen molar-refractivity contribution in [1.82, 2.24) is 30.1 Å². The lowest BCUT2D eigenvalue weighted by Gasteiger charge is -2.40. The van der Waals surface area contributed by atoms with Crippen LogP contribution in [0.25, 0.3) is 10.9 Å². The molecule has 1 saturated carbocycles. The van der Waals surface area contributed by atoms with Crippen LogP contribution in [-0.2, 0) is 12.1 Å². The lowest BCUT2D eigenvalue weighted by Crippen LogP contribution is -2.42. The Morgan fingerprint density at radius 2 is 1.89 bits per heavy atom. The smallest absolute Gasteiger partial charge is 0.252 e. The number of rotatable bonds is 8. The molecule has 1 aromatic carbocycles. The second-order valence-corrected chi connectivity index (χ2v) is 10.4. The van der Waals surface area contributed by atoms with Crippen LogP contribution in [0, 0.1) is 0 Å². The molecule has 1 fully saturated rings. The molecule has 3 aromatic rings. The normalized spacial score (nSPS) is 17.4. The molecule has 1 aliphatic carbocycles. The quantitative estimate of drug-likeness (QED) is 0.500. The van der Waals surface area contributed by atoms with Gasteiger partial charge in [0, 0.05) is 29.6 Å². The number of pyridine rings is 1. The predicted molar refractivity (Wildman–Crippen MR) is 134 cm³/mol. The number of benzene rings is 1. The van der Waals surface area contributed by atoms with Gasteiger partial charge in [-0.15, -0.1) is 5.10 Å². The maximum Gasteiger partial charge on any atom is 0.252 e. The number of tetrazole rings is 1. The maximum absolute atomic E-state index is 13.2. The van der Waals surface area contributed by atoms with Gasteiger partial charge in [0.15, 0.2) is 17.3 Å². The molecule has 35 heavy (non-hydrogen) atoms. The van der Waals surface area contributed by atoms with Gasteiger partial charge in [0.2, 0.25) is 6.79 Å². The Kier molecular flexibility index (Phi) is 6.53. The summed E-state index contributed by atoms with van der Waals surface area (Å²) in [5.41, 5.74) is 1.25. The Bertz CT molecular complexity index is 1240. The van der Waals surface area contributed by atoms with E-state index in [0.29, 0.717) is 24.1 Å². The van der Waals surface area contributed by atoms with E-state index in [4.69, 9.17) is 9.47 Å². The van der Waals surface area contributed by atoms with Crippen LogP contribution in [0.3, 0.4) is 0 Å². The Balaban J connectivity index is 1.54. The molecule has 0 saturated heterocycles. The largest absolute Gasteiger partial charge is 0.454 e. The summed E-state index contributed by atoms with van der Waals surface area (Å²) in [6, 6.07) is 6.19. The molecule has 0 bridgehead atoms. The highest BCUT2D eigenvalue weighted by Gasteiger charge is 2.34. The third kappa shape index (κ3) is 4.53. The van der Waals surface area contributed by atoms with Gasteiger partial charge >= 0.3 is 0 Å². The van der Waals surface area contributed by atoms with Crippen molar-refractivity contribution >= 4 is 10.9 Å². The zero-order valence-corrected chi connectivity index (χ0v) is 21.2. The minimum Gasteiger partial charge on any atom is -0.454 e. The van der Waals surface area contributed by atoms with E-state index >= 15 is 0 Å². The highest BCUT2D eigenvalue weighted by Crippen LogP contribution is 2.37. The van der Waals surface area contributed by atoms with Crippen LogP contribution < -0.4 is 15.0 Å². The van der Waals surface area contributed by atoms with Gasteiger partial charge in [-0.05, 0) is 62.1 Å². The summed E-state index contributed by atoms with van der Waals surface area (Å²) in [6.07, 6.45) is 7.72. The van der Waals surface area contributed by atoms with Crippen LogP contribution in [-0.4, -0.2) is 42.9 Å². The van der Waals surface area contributed by atoms with Crippen molar-refractivity contribution in [1.29, 1.82) is 0 Å². The monoisotopic (exact) mass is 480 g/mol. The molecule has 9 heteroatoms.